The van der Waals surface area contributed by atoms with Crippen LogP contribution in [0.15, 0.2) is 42.5 Å². The molecule has 28 heavy (non-hydrogen) atoms. The largest absolute Gasteiger partial charge is 0.483 e. The quantitative estimate of drug-likeness (QED) is 0.773. The number of carbonyl (C=O) groups excluding carboxylic acids is 1. The zero-order valence-electron chi connectivity index (χ0n) is 17.1. The summed E-state index contributed by atoms with van der Waals surface area (Å²) in [6.07, 6.45) is 0. The molecule has 1 saturated heterocycles. The van der Waals surface area contributed by atoms with Gasteiger partial charge in [-0.15, -0.1) is 0 Å². The summed E-state index contributed by atoms with van der Waals surface area (Å²) in [4.78, 5) is 13.8. The molecule has 3 rings (SSSR count). The number of carbonyl (C=O) groups is 1. The molecule has 0 saturated carbocycles. The van der Waals surface area contributed by atoms with Crippen molar-refractivity contribution < 1.29 is 19.2 Å². The van der Waals surface area contributed by atoms with Crippen LogP contribution in [0, 0.1) is 6.92 Å². The second-order valence-corrected chi connectivity index (χ2v) is 7.77. The van der Waals surface area contributed by atoms with Crippen LogP contribution in [0.5, 0.6) is 5.75 Å². The van der Waals surface area contributed by atoms with Crippen LogP contribution in [0.25, 0.3) is 0 Å². The van der Waals surface area contributed by atoms with Crippen molar-refractivity contribution >= 4 is 11.6 Å². The van der Waals surface area contributed by atoms with E-state index in [0.29, 0.717) is 5.92 Å². The summed E-state index contributed by atoms with van der Waals surface area (Å²) in [5.41, 5.74) is 4.31. The first-order valence-electron chi connectivity index (χ1n) is 10.0. The molecule has 1 fully saturated rings. The van der Waals surface area contributed by atoms with E-state index in [2.05, 4.69) is 43.4 Å². The van der Waals surface area contributed by atoms with Gasteiger partial charge < -0.3 is 19.7 Å². The average molecular weight is 384 g/mol. The SMILES string of the molecule is Cc1ccc(C(C)C)c(OCC(=O)Nc2ccc(C[NH+]3CCOCC3)cc2)c1. The van der Waals surface area contributed by atoms with E-state index in [-0.39, 0.29) is 12.5 Å². The van der Waals surface area contributed by atoms with Crippen LogP contribution in [0.4, 0.5) is 5.69 Å². The second kappa shape index (κ2) is 9.71. The highest BCUT2D eigenvalue weighted by molar-refractivity contribution is 5.91. The van der Waals surface area contributed by atoms with Crippen LogP contribution in [0.1, 0.15) is 36.5 Å². The third-order valence-corrected chi connectivity index (χ3v) is 5.04. The van der Waals surface area contributed by atoms with Crippen LogP contribution >= 0.6 is 0 Å². The van der Waals surface area contributed by atoms with E-state index in [0.717, 1.165) is 55.4 Å². The van der Waals surface area contributed by atoms with Gasteiger partial charge in [0.15, 0.2) is 6.61 Å². The van der Waals surface area contributed by atoms with Gasteiger partial charge in [-0.1, -0.05) is 38.1 Å². The molecule has 5 heteroatoms. The Morgan fingerprint density at radius 1 is 1.14 bits per heavy atom. The van der Waals surface area contributed by atoms with Crippen molar-refractivity contribution in [3.8, 4) is 5.75 Å². The fourth-order valence-electron chi connectivity index (χ4n) is 3.42. The number of quaternary nitrogens is 1. The van der Waals surface area contributed by atoms with Gasteiger partial charge in [-0.25, -0.2) is 0 Å². The fraction of sp³-hybridized carbons (Fsp3) is 0.435. The minimum atomic E-state index is -0.150. The zero-order valence-corrected chi connectivity index (χ0v) is 17.1. The molecule has 1 aliphatic heterocycles. The highest BCUT2D eigenvalue weighted by Crippen LogP contribution is 2.27. The predicted molar refractivity (Wildman–Crippen MR) is 111 cm³/mol. The molecule has 0 unspecified atom stereocenters. The Balaban J connectivity index is 1.51. The fourth-order valence-corrected chi connectivity index (χ4v) is 3.42. The van der Waals surface area contributed by atoms with Gasteiger partial charge in [0.05, 0.1) is 13.2 Å². The minimum Gasteiger partial charge on any atom is -0.483 e. The third kappa shape index (κ3) is 5.81. The normalized spacial score (nSPS) is 14.9. The van der Waals surface area contributed by atoms with Gasteiger partial charge in [-0.2, -0.15) is 0 Å². The van der Waals surface area contributed by atoms with E-state index in [1.54, 1.807) is 0 Å². The molecular weight excluding hydrogens is 352 g/mol. The van der Waals surface area contributed by atoms with Crippen molar-refractivity contribution in [1.29, 1.82) is 0 Å². The first-order valence-corrected chi connectivity index (χ1v) is 10.0. The summed E-state index contributed by atoms with van der Waals surface area (Å²) in [5.74, 6) is 0.983. The van der Waals surface area contributed by atoms with E-state index >= 15 is 0 Å². The topological polar surface area (TPSA) is 52.0 Å². The van der Waals surface area contributed by atoms with Gasteiger partial charge >= 0.3 is 0 Å². The van der Waals surface area contributed by atoms with Crippen molar-refractivity contribution in [2.24, 2.45) is 0 Å². The second-order valence-electron chi connectivity index (χ2n) is 7.77. The van der Waals surface area contributed by atoms with Crippen LogP contribution in [0.3, 0.4) is 0 Å². The molecule has 1 amide bonds. The number of hydrogen-bond donors (Lipinski definition) is 2. The van der Waals surface area contributed by atoms with Crippen LogP contribution in [0.2, 0.25) is 0 Å². The standard InChI is InChI=1S/C23H30N2O3/c1-17(2)21-9-4-18(3)14-22(21)28-16-23(26)24-20-7-5-19(6-8-20)15-25-10-12-27-13-11-25/h4-9,14,17H,10-13,15-16H2,1-3H3,(H,24,26)/p+1. The number of anilines is 1. The number of amides is 1. The smallest absolute Gasteiger partial charge is 0.262 e. The molecule has 0 atom stereocenters. The van der Waals surface area contributed by atoms with Crippen molar-refractivity contribution in [1.82, 2.24) is 0 Å². The maximum atomic E-state index is 12.3. The van der Waals surface area contributed by atoms with Crippen molar-refractivity contribution in [2.45, 2.75) is 33.2 Å². The van der Waals surface area contributed by atoms with Crippen LogP contribution < -0.4 is 15.0 Å². The lowest BCUT2D eigenvalue weighted by Crippen LogP contribution is -3.12. The number of aryl methyl sites for hydroxylation is 1. The lowest BCUT2D eigenvalue weighted by Gasteiger charge is -2.23. The van der Waals surface area contributed by atoms with Gasteiger partial charge in [-0.05, 0) is 42.2 Å². The molecule has 0 aliphatic carbocycles. The van der Waals surface area contributed by atoms with Crippen LogP contribution in [-0.2, 0) is 16.1 Å². The Morgan fingerprint density at radius 2 is 1.86 bits per heavy atom. The molecule has 5 nitrogen and oxygen atoms in total. The van der Waals surface area contributed by atoms with Gasteiger partial charge in [0, 0.05) is 11.3 Å². The Kier molecular flexibility index (Phi) is 7.06. The monoisotopic (exact) mass is 383 g/mol. The number of nitrogens with one attached hydrogen (secondary N) is 2. The summed E-state index contributed by atoms with van der Waals surface area (Å²) in [5, 5.41) is 2.92. The molecule has 150 valence electrons. The van der Waals surface area contributed by atoms with E-state index in [1.807, 2.05) is 25.1 Å². The van der Waals surface area contributed by atoms with Crippen molar-refractivity contribution in [3.05, 3.63) is 59.2 Å². The Morgan fingerprint density at radius 3 is 2.54 bits per heavy atom. The lowest BCUT2D eigenvalue weighted by molar-refractivity contribution is -0.921. The Labute approximate surface area is 167 Å². The van der Waals surface area contributed by atoms with Crippen LogP contribution in [-0.4, -0.2) is 38.8 Å². The summed E-state index contributed by atoms with van der Waals surface area (Å²) in [6.45, 7) is 11.0. The molecular formula is C23H31N2O3+. The summed E-state index contributed by atoms with van der Waals surface area (Å²) >= 11 is 0. The number of benzene rings is 2. The Bertz CT molecular complexity index is 781. The van der Waals surface area contributed by atoms with Crippen molar-refractivity contribution in [2.75, 3.05) is 38.2 Å². The molecule has 1 heterocycles. The molecule has 2 N–H and O–H groups in total. The predicted octanol–water partition coefficient (Wildman–Crippen LogP) is 2.55. The summed E-state index contributed by atoms with van der Waals surface area (Å²) in [7, 11) is 0. The molecule has 2 aromatic carbocycles. The van der Waals surface area contributed by atoms with E-state index in [4.69, 9.17) is 9.47 Å². The first kappa shape index (κ1) is 20.4. The van der Waals surface area contributed by atoms with Crippen molar-refractivity contribution in [3.63, 3.8) is 0 Å². The number of hydrogen-bond acceptors (Lipinski definition) is 3. The van der Waals surface area contributed by atoms with Gasteiger partial charge in [0.2, 0.25) is 0 Å². The molecule has 0 spiro atoms. The number of ether oxygens (including phenoxy) is 2. The summed E-state index contributed by atoms with van der Waals surface area (Å²) < 4.78 is 11.2. The van der Waals surface area contributed by atoms with E-state index < -0.39 is 0 Å². The number of rotatable bonds is 7. The van der Waals surface area contributed by atoms with Gasteiger partial charge in [0.25, 0.3) is 5.91 Å². The minimum absolute atomic E-state index is 0.00283. The lowest BCUT2D eigenvalue weighted by atomic mass is 10.0. The molecule has 1 aliphatic rings. The van der Waals surface area contributed by atoms with Gasteiger partial charge in [0.1, 0.15) is 25.4 Å². The zero-order chi connectivity index (χ0) is 19.9. The van der Waals surface area contributed by atoms with E-state index in [1.165, 1.54) is 10.5 Å². The molecule has 0 bridgehead atoms. The molecule has 0 aromatic heterocycles. The first-order chi connectivity index (χ1) is 13.5. The highest BCUT2D eigenvalue weighted by Gasteiger charge is 2.14. The average Bonchev–Trinajstić information content (AvgIpc) is 2.68. The number of morpholine rings is 1. The Hall–Kier alpha value is -2.37. The maximum Gasteiger partial charge on any atom is 0.262 e. The highest BCUT2D eigenvalue weighted by atomic mass is 16.5. The van der Waals surface area contributed by atoms with Gasteiger partial charge in [-0.3, -0.25) is 4.79 Å². The third-order valence-electron chi connectivity index (χ3n) is 5.04. The van der Waals surface area contributed by atoms with E-state index in [9.17, 15) is 4.79 Å². The summed E-state index contributed by atoms with van der Waals surface area (Å²) in [6, 6.07) is 14.2. The molecule has 0 radical (unpaired) electrons. The maximum absolute atomic E-state index is 12.3. The molecule has 2 aromatic rings.